The third kappa shape index (κ3) is 3.64. The number of anilines is 1. The molecule has 0 aliphatic rings. The number of rotatable bonds is 4. The first kappa shape index (κ1) is 17.4. The van der Waals surface area contributed by atoms with Crippen LogP contribution in [0.4, 0.5) is 18.9 Å². The Morgan fingerprint density at radius 1 is 1.36 bits per heavy atom. The molecule has 3 N–H and O–H groups in total. The van der Waals surface area contributed by atoms with Gasteiger partial charge in [-0.2, -0.15) is 22.8 Å². The number of nitrogens with zero attached hydrogens (tertiary/aromatic N) is 5. The van der Waals surface area contributed by atoms with E-state index in [1.807, 2.05) is 0 Å². The van der Waals surface area contributed by atoms with Crippen molar-refractivity contribution in [2.75, 3.05) is 16.9 Å². The second-order valence-electron chi connectivity index (χ2n) is 4.76. The second kappa shape index (κ2) is 6.44. The number of benzene rings is 1. The van der Waals surface area contributed by atoms with E-state index in [0.717, 1.165) is 28.6 Å². The summed E-state index contributed by atoms with van der Waals surface area (Å²) in [6, 6.07) is 3.11. The van der Waals surface area contributed by atoms with Gasteiger partial charge >= 0.3 is 6.18 Å². The zero-order chi connectivity index (χ0) is 18.2. The molecule has 0 saturated carbocycles. The predicted molar refractivity (Wildman–Crippen MR) is 84.7 cm³/mol. The van der Waals surface area contributed by atoms with E-state index in [1.165, 1.54) is 16.9 Å². The minimum absolute atomic E-state index is 0.0806. The van der Waals surface area contributed by atoms with Crippen LogP contribution in [0, 0.1) is 0 Å². The molecule has 2 heterocycles. The van der Waals surface area contributed by atoms with Gasteiger partial charge in [0.05, 0.1) is 17.0 Å². The minimum atomic E-state index is -4.65. The lowest BCUT2D eigenvalue weighted by Gasteiger charge is -2.13. The van der Waals surface area contributed by atoms with E-state index in [9.17, 15) is 18.0 Å². The molecule has 0 saturated heterocycles. The van der Waals surface area contributed by atoms with Gasteiger partial charge in [0, 0.05) is 5.02 Å². The van der Waals surface area contributed by atoms with E-state index in [-0.39, 0.29) is 27.4 Å². The number of alkyl halides is 3. The molecule has 3 rings (SSSR count). The van der Waals surface area contributed by atoms with Gasteiger partial charge in [0.15, 0.2) is 0 Å². The van der Waals surface area contributed by atoms with Gasteiger partial charge in [-0.15, -0.1) is 10.2 Å². The van der Waals surface area contributed by atoms with Crippen LogP contribution in [0.25, 0.3) is 5.78 Å². The lowest BCUT2D eigenvalue weighted by Crippen LogP contribution is -2.18. The summed E-state index contributed by atoms with van der Waals surface area (Å²) in [5, 5.41) is 13.9. The molecule has 0 unspecified atom stereocenters. The number of fused-ring (bicyclic) bond motifs is 1. The highest BCUT2D eigenvalue weighted by Crippen LogP contribution is 2.36. The molecule has 0 aliphatic carbocycles. The number of hydrogen-bond acceptors (Lipinski definition) is 6. The summed E-state index contributed by atoms with van der Waals surface area (Å²) in [5.41, 5.74) is -1.40. The normalized spacial score (nSPS) is 11.8. The Labute approximate surface area is 147 Å². The number of aromatic nitrogens is 5. The van der Waals surface area contributed by atoms with Crippen LogP contribution < -0.4 is 11.2 Å². The van der Waals surface area contributed by atoms with Crippen molar-refractivity contribution in [3.63, 3.8) is 0 Å². The Hall–Kier alpha value is -2.47. The lowest BCUT2D eigenvalue weighted by molar-refractivity contribution is -0.137. The number of nitrogen functional groups attached to an aromatic ring is 1. The van der Waals surface area contributed by atoms with Crippen LogP contribution in [0.5, 0.6) is 0 Å². The van der Waals surface area contributed by atoms with E-state index in [1.54, 1.807) is 0 Å². The summed E-state index contributed by atoms with van der Waals surface area (Å²) in [7, 11) is 0. The van der Waals surface area contributed by atoms with Crippen molar-refractivity contribution in [1.29, 1.82) is 0 Å². The van der Waals surface area contributed by atoms with Crippen LogP contribution in [0.3, 0.4) is 0 Å². The first-order chi connectivity index (χ1) is 11.8. The molecule has 0 atom stereocenters. The topological polar surface area (TPSA) is 103 Å². The van der Waals surface area contributed by atoms with Crippen molar-refractivity contribution in [1.82, 2.24) is 24.5 Å². The van der Waals surface area contributed by atoms with Crippen LogP contribution in [-0.2, 0) is 11.0 Å². The highest BCUT2D eigenvalue weighted by molar-refractivity contribution is 7.99. The zero-order valence-electron chi connectivity index (χ0n) is 12.2. The molecule has 2 aromatic heterocycles. The van der Waals surface area contributed by atoms with E-state index >= 15 is 0 Å². The Balaban J connectivity index is 1.71. The lowest BCUT2D eigenvalue weighted by atomic mass is 10.1. The molecule has 0 aliphatic heterocycles. The SMILES string of the molecule is Nn1cnn2c(SCC(=O)Nc3ccc(Cl)cc3C(F)(F)F)nnc12. The average molecular weight is 392 g/mol. The van der Waals surface area contributed by atoms with Crippen LogP contribution in [0.1, 0.15) is 5.56 Å². The Morgan fingerprint density at radius 3 is 2.84 bits per heavy atom. The van der Waals surface area contributed by atoms with Crippen molar-refractivity contribution in [3.8, 4) is 0 Å². The van der Waals surface area contributed by atoms with E-state index in [4.69, 9.17) is 17.4 Å². The van der Waals surface area contributed by atoms with Gasteiger partial charge in [0.2, 0.25) is 11.1 Å². The molecular formula is C12H9ClF3N7OS. The van der Waals surface area contributed by atoms with Crippen molar-refractivity contribution in [3.05, 3.63) is 35.1 Å². The number of hydrogen-bond donors (Lipinski definition) is 2. The molecule has 0 radical (unpaired) electrons. The number of nitrogens with one attached hydrogen (secondary N) is 1. The summed E-state index contributed by atoms with van der Waals surface area (Å²) in [6.07, 6.45) is -3.34. The molecule has 0 bridgehead atoms. The van der Waals surface area contributed by atoms with Gasteiger partial charge < -0.3 is 11.2 Å². The summed E-state index contributed by atoms with van der Waals surface area (Å²) in [4.78, 5) is 12.0. The molecule has 0 spiro atoms. The Kier molecular flexibility index (Phi) is 4.47. The van der Waals surface area contributed by atoms with Gasteiger partial charge in [-0.05, 0) is 18.2 Å². The first-order valence-electron chi connectivity index (χ1n) is 6.59. The standard InChI is InChI=1S/C12H9ClF3N7OS/c13-6-1-2-8(7(3-6)12(14,15)16)19-9(24)4-25-11-21-20-10-22(17)5-18-23(10)11/h1-3,5H,4,17H2,(H,19,24). The fourth-order valence-electron chi connectivity index (χ4n) is 1.95. The fraction of sp³-hybridized carbons (Fsp3) is 0.167. The average Bonchev–Trinajstić information content (AvgIpc) is 3.09. The molecule has 1 aromatic carbocycles. The molecule has 132 valence electrons. The third-order valence-corrected chi connectivity index (χ3v) is 4.17. The highest BCUT2D eigenvalue weighted by atomic mass is 35.5. The molecule has 8 nitrogen and oxygen atoms in total. The first-order valence-corrected chi connectivity index (χ1v) is 7.95. The molecule has 1 amide bonds. The second-order valence-corrected chi connectivity index (χ2v) is 6.14. The number of carbonyl (C=O) groups excluding carboxylic acids is 1. The molecular weight excluding hydrogens is 383 g/mol. The Morgan fingerprint density at radius 2 is 2.12 bits per heavy atom. The summed E-state index contributed by atoms with van der Waals surface area (Å²) < 4.78 is 41.5. The maximum Gasteiger partial charge on any atom is 0.418 e. The predicted octanol–water partition coefficient (Wildman–Crippen LogP) is 2.04. The quantitative estimate of drug-likeness (QED) is 0.521. The monoisotopic (exact) mass is 391 g/mol. The third-order valence-electron chi connectivity index (χ3n) is 3.01. The van der Waals surface area contributed by atoms with Gasteiger partial charge in [0.25, 0.3) is 5.78 Å². The van der Waals surface area contributed by atoms with Crippen molar-refractivity contribution in [2.24, 2.45) is 0 Å². The number of halogens is 4. The van der Waals surface area contributed by atoms with Crippen LogP contribution in [0.15, 0.2) is 29.7 Å². The van der Waals surface area contributed by atoms with Gasteiger partial charge in [-0.1, -0.05) is 23.4 Å². The highest BCUT2D eigenvalue weighted by Gasteiger charge is 2.34. The number of thioether (sulfide) groups is 1. The number of amides is 1. The number of carbonyl (C=O) groups is 1. The van der Waals surface area contributed by atoms with E-state index < -0.39 is 17.6 Å². The maximum absolute atomic E-state index is 13.0. The van der Waals surface area contributed by atoms with Gasteiger partial charge in [0.1, 0.15) is 6.33 Å². The molecule has 0 fully saturated rings. The maximum atomic E-state index is 13.0. The van der Waals surface area contributed by atoms with Gasteiger partial charge in [-0.25, -0.2) is 4.68 Å². The summed E-state index contributed by atoms with van der Waals surface area (Å²) in [6.45, 7) is 0. The molecule has 25 heavy (non-hydrogen) atoms. The molecule has 13 heteroatoms. The largest absolute Gasteiger partial charge is 0.418 e. The van der Waals surface area contributed by atoms with E-state index in [0.29, 0.717) is 0 Å². The van der Waals surface area contributed by atoms with Crippen molar-refractivity contribution in [2.45, 2.75) is 11.3 Å². The Bertz CT molecular complexity index is 939. The van der Waals surface area contributed by atoms with Crippen LogP contribution in [-0.4, -0.2) is 36.1 Å². The van der Waals surface area contributed by atoms with Crippen molar-refractivity contribution >= 4 is 40.7 Å². The van der Waals surface area contributed by atoms with Crippen molar-refractivity contribution < 1.29 is 18.0 Å². The number of nitrogens with two attached hydrogens (primary N) is 1. The fourth-order valence-corrected chi connectivity index (χ4v) is 2.80. The van der Waals surface area contributed by atoms with Crippen LogP contribution in [0.2, 0.25) is 5.02 Å². The zero-order valence-corrected chi connectivity index (χ0v) is 13.7. The van der Waals surface area contributed by atoms with Gasteiger partial charge in [-0.3, -0.25) is 4.79 Å². The van der Waals surface area contributed by atoms with E-state index in [2.05, 4.69) is 20.6 Å². The molecule has 3 aromatic rings. The smallest absolute Gasteiger partial charge is 0.335 e. The summed E-state index contributed by atoms with van der Waals surface area (Å²) in [5.74, 6) is 4.96. The van der Waals surface area contributed by atoms with Crippen LogP contribution >= 0.6 is 23.4 Å². The minimum Gasteiger partial charge on any atom is -0.335 e. The summed E-state index contributed by atoms with van der Waals surface area (Å²) >= 11 is 6.54.